The smallest absolute Gasteiger partial charge is 0.226 e. The van der Waals surface area contributed by atoms with Crippen LogP contribution in [0.2, 0.25) is 5.02 Å². The maximum Gasteiger partial charge on any atom is 0.226 e. The number of oxazole rings is 1. The largest absolute Gasteiger partial charge is 0.441 e. The number of aryl methyl sites for hydroxylation is 1. The van der Waals surface area contributed by atoms with Gasteiger partial charge in [0.05, 0.1) is 17.8 Å². The fraction of sp³-hybridized carbons (Fsp3) is 0.471. The number of halogens is 1. The highest BCUT2D eigenvalue weighted by molar-refractivity contribution is 6.30. The maximum atomic E-state index is 5.92. The molecule has 2 heterocycles. The Morgan fingerprint density at radius 1 is 1.39 bits per heavy atom. The Morgan fingerprint density at radius 3 is 2.83 bits per heavy atom. The van der Waals surface area contributed by atoms with Crippen molar-refractivity contribution in [2.75, 3.05) is 26.8 Å². The lowest BCUT2D eigenvalue weighted by atomic mass is 10.00. The van der Waals surface area contributed by atoms with Gasteiger partial charge in [-0.15, -0.1) is 0 Å². The maximum absolute atomic E-state index is 5.92. The monoisotopic (exact) mass is 335 g/mol. The second kappa shape index (κ2) is 7.01. The first-order valence-corrected chi connectivity index (χ1v) is 8.17. The molecule has 1 unspecified atom stereocenters. The van der Waals surface area contributed by atoms with E-state index < -0.39 is 0 Å². The molecule has 1 saturated heterocycles. The Morgan fingerprint density at radius 2 is 2.17 bits per heavy atom. The minimum atomic E-state index is -0.0272. The van der Waals surface area contributed by atoms with E-state index in [9.17, 15) is 0 Å². The van der Waals surface area contributed by atoms with Crippen molar-refractivity contribution in [3.63, 3.8) is 0 Å². The van der Waals surface area contributed by atoms with E-state index in [0.29, 0.717) is 24.1 Å². The number of nitrogens with zero attached hydrogens (tertiary/aromatic N) is 1. The number of nitrogens with one attached hydrogen (secondary N) is 2. The normalized spacial score (nSPS) is 21.0. The van der Waals surface area contributed by atoms with Crippen molar-refractivity contribution in [1.82, 2.24) is 15.6 Å². The lowest BCUT2D eigenvalue weighted by Crippen LogP contribution is -2.50. The van der Waals surface area contributed by atoms with Crippen LogP contribution < -0.4 is 10.6 Å². The van der Waals surface area contributed by atoms with Crippen LogP contribution in [0.4, 0.5) is 0 Å². The lowest BCUT2D eigenvalue weighted by molar-refractivity contribution is 0.118. The van der Waals surface area contributed by atoms with E-state index in [4.69, 9.17) is 20.8 Å². The van der Waals surface area contributed by atoms with Crippen molar-refractivity contribution >= 4 is 11.6 Å². The second-order valence-electron chi connectivity index (χ2n) is 6.02. The number of methoxy groups -OCH3 is 1. The first-order chi connectivity index (χ1) is 11.1. The molecule has 0 radical (unpaired) electrons. The zero-order valence-electron chi connectivity index (χ0n) is 13.5. The first-order valence-electron chi connectivity index (χ1n) is 7.79. The highest BCUT2D eigenvalue weighted by Gasteiger charge is 2.33. The summed E-state index contributed by atoms with van der Waals surface area (Å²) in [6.45, 7) is 5.19. The van der Waals surface area contributed by atoms with Crippen LogP contribution in [0, 0.1) is 6.92 Å². The summed E-state index contributed by atoms with van der Waals surface area (Å²) in [6, 6.07) is 7.51. The topological polar surface area (TPSA) is 59.3 Å². The summed E-state index contributed by atoms with van der Waals surface area (Å²) in [4.78, 5) is 4.63. The molecule has 0 amide bonds. The van der Waals surface area contributed by atoms with Gasteiger partial charge in [-0.1, -0.05) is 11.6 Å². The van der Waals surface area contributed by atoms with Gasteiger partial charge in [0, 0.05) is 30.8 Å². The number of ether oxygens (including phenoxy) is 1. The van der Waals surface area contributed by atoms with Crippen molar-refractivity contribution in [2.24, 2.45) is 0 Å². The number of aromatic nitrogens is 1. The predicted octanol–water partition coefficient (Wildman–Crippen LogP) is 2.77. The van der Waals surface area contributed by atoms with Crippen LogP contribution >= 0.6 is 11.6 Å². The van der Waals surface area contributed by atoms with E-state index in [-0.39, 0.29) is 5.54 Å². The number of benzene rings is 1. The van der Waals surface area contributed by atoms with Gasteiger partial charge >= 0.3 is 0 Å². The number of rotatable bonds is 6. The zero-order chi connectivity index (χ0) is 16.3. The van der Waals surface area contributed by atoms with Crippen molar-refractivity contribution in [3.8, 4) is 11.5 Å². The quantitative estimate of drug-likeness (QED) is 0.850. The van der Waals surface area contributed by atoms with E-state index in [1.807, 2.05) is 31.2 Å². The SMILES string of the molecule is COCC1(NCc2nc(-c3ccc(Cl)cc3)oc2C)CCNC1. The molecule has 1 aromatic carbocycles. The van der Waals surface area contributed by atoms with Crippen LogP contribution in [0.15, 0.2) is 28.7 Å². The summed E-state index contributed by atoms with van der Waals surface area (Å²) in [5, 5.41) is 7.69. The van der Waals surface area contributed by atoms with Gasteiger partial charge in [0.2, 0.25) is 5.89 Å². The molecule has 2 N–H and O–H groups in total. The Labute approximate surface area is 141 Å². The van der Waals surface area contributed by atoms with Gasteiger partial charge in [-0.2, -0.15) is 0 Å². The molecule has 0 bridgehead atoms. The molecule has 1 aromatic heterocycles. The van der Waals surface area contributed by atoms with Gasteiger partial charge < -0.3 is 19.8 Å². The molecule has 1 fully saturated rings. The van der Waals surface area contributed by atoms with Crippen molar-refractivity contribution in [2.45, 2.75) is 25.4 Å². The predicted molar refractivity (Wildman–Crippen MR) is 90.6 cm³/mol. The molecule has 124 valence electrons. The Hall–Kier alpha value is -1.40. The van der Waals surface area contributed by atoms with Gasteiger partial charge in [0.15, 0.2) is 0 Å². The summed E-state index contributed by atoms with van der Waals surface area (Å²) in [7, 11) is 1.74. The summed E-state index contributed by atoms with van der Waals surface area (Å²) in [6.07, 6.45) is 1.04. The zero-order valence-corrected chi connectivity index (χ0v) is 14.2. The summed E-state index contributed by atoms with van der Waals surface area (Å²) < 4.78 is 11.2. The average Bonchev–Trinajstić information content (AvgIpc) is 3.14. The fourth-order valence-electron chi connectivity index (χ4n) is 2.92. The third kappa shape index (κ3) is 3.75. The first kappa shape index (κ1) is 16.5. The summed E-state index contributed by atoms with van der Waals surface area (Å²) in [5.41, 5.74) is 1.83. The molecule has 2 aromatic rings. The van der Waals surface area contributed by atoms with Crippen LogP contribution in [0.25, 0.3) is 11.5 Å². The van der Waals surface area contributed by atoms with Gasteiger partial charge in [-0.3, -0.25) is 0 Å². The van der Waals surface area contributed by atoms with E-state index in [1.165, 1.54) is 0 Å². The molecule has 1 atom stereocenters. The van der Waals surface area contributed by atoms with Crippen molar-refractivity contribution < 1.29 is 9.15 Å². The third-order valence-electron chi connectivity index (χ3n) is 4.28. The van der Waals surface area contributed by atoms with E-state index in [1.54, 1.807) is 7.11 Å². The van der Waals surface area contributed by atoms with Crippen molar-refractivity contribution in [3.05, 3.63) is 40.7 Å². The minimum Gasteiger partial charge on any atom is -0.441 e. The second-order valence-corrected chi connectivity index (χ2v) is 6.46. The standard InChI is InChI=1S/C17H22ClN3O2/c1-12-15(9-20-17(11-22-2)7-8-19-10-17)21-16(23-12)13-3-5-14(18)6-4-13/h3-6,19-20H,7-11H2,1-2H3. The number of hydrogen-bond donors (Lipinski definition) is 2. The Kier molecular flexibility index (Phi) is 5.02. The molecule has 0 spiro atoms. The summed E-state index contributed by atoms with van der Waals surface area (Å²) in [5.74, 6) is 1.46. The molecule has 1 aliphatic rings. The summed E-state index contributed by atoms with van der Waals surface area (Å²) >= 11 is 5.92. The van der Waals surface area contributed by atoms with Crippen LogP contribution in [0.1, 0.15) is 17.9 Å². The molecule has 1 aliphatic heterocycles. The van der Waals surface area contributed by atoms with Gasteiger partial charge in [-0.25, -0.2) is 4.98 Å². The molecular formula is C17H22ClN3O2. The Bertz CT molecular complexity index is 648. The lowest BCUT2D eigenvalue weighted by Gasteiger charge is -2.28. The van der Waals surface area contributed by atoms with Crippen molar-refractivity contribution in [1.29, 1.82) is 0 Å². The Balaban J connectivity index is 1.72. The highest BCUT2D eigenvalue weighted by Crippen LogP contribution is 2.24. The fourth-order valence-corrected chi connectivity index (χ4v) is 3.05. The van der Waals surface area contributed by atoms with Gasteiger partial charge in [-0.05, 0) is 44.2 Å². The van der Waals surface area contributed by atoms with Gasteiger partial charge in [0.1, 0.15) is 5.76 Å². The molecule has 6 heteroatoms. The van der Waals surface area contributed by atoms with E-state index in [0.717, 1.165) is 36.5 Å². The molecule has 5 nitrogen and oxygen atoms in total. The van der Waals surface area contributed by atoms with Crippen LogP contribution in [-0.4, -0.2) is 37.3 Å². The molecule has 3 rings (SSSR count). The van der Waals surface area contributed by atoms with Gasteiger partial charge in [0.25, 0.3) is 0 Å². The highest BCUT2D eigenvalue weighted by atomic mass is 35.5. The van der Waals surface area contributed by atoms with Crippen LogP contribution in [-0.2, 0) is 11.3 Å². The van der Waals surface area contributed by atoms with E-state index in [2.05, 4.69) is 15.6 Å². The molecule has 23 heavy (non-hydrogen) atoms. The average molecular weight is 336 g/mol. The van der Waals surface area contributed by atoms with Crippen LogP contribution in [0.5, 0.6) is 0 Å². The minimum absolute atomic E-state index is 0.0272. The molecular weight excluding hydrogens is 314 g/mol. The van der Waals surface area contributed by atoms with Crippen LogP contribution in [0.3, 0.4) is 0 Å². The molecule has 0 saturated carbocycles. The number of hydrogen-bond acceptors (Lipinski definition) is 5. The van der Waals surface area contributed by atoms with E-state index >= 15 is 0 Å². The molecule has 0 aliphatic carbocycles. The third-order valence-corrected chi connectivity index (χ3v) is 4.53.